The predicted molar refractivity (Wildman–Crippen MR) is 112 cm³/mol. The molecule has 0 unspecified atom stereocenters. The number of hydrogen-bond acceptors (Lipinski definition) is 4. The summed E-state index contributed by atoms with van der Waals surface area (Å²) in [6.07, 6.45) is -2.17. The van der Waals surface area contributed by atoms with Crippen molar-refractivity contribution >= 4 is 0 Å². The number of rotatable bonds is 5. The summed E-state index contributed by atoms with van der Waals surface area (Å²) in [5.74, 6) is 1.06. The van der Waals surface area contributed by atoms with Gasteiger partial charge in [0.25, 0.3) is 5.56 Å². The Hall–Kier alpha value is -3.29. The molecule has 164 valence electrons. The van der Waals surface area contributed by atoms with Crippen LogP contribution in [0, 0.1) is 5.41 Å². The Balaban J connectivity index is 1.88. The summed E-state index contributed by atoms with van der Waals surface area (Å²) < 4.78 is 50.8. The van der Waals surface area contributed by atoms with E-state index in [0.29, 0.717) is 29.4 Å². The number of benzene rings is 1. The van der Waals surface area contributed by atoms with Crippen LogP contribution < -0.4 is 15.0 Å². The molecule has 0 radical (unpaired) electrons. The van der Waals surface area contributed by atoms with Crippen LogP contribution in [0.4, 0.5) is 13.2 Å². The van der Waals surface area contributed by atoms with Gasteiger partial charge in [-0.05, 0) is 35.7 Å². The van der Waals surface area contributed by atoms with Gasteiger partial charge in [-0.1, -0.05) is 20.8 Å². The molecule has 0 atom stereocenters. The average Bonchev–Trinajstić information content (AvgIpc) is 2.71. The minimum Gasteiger partial charge on any atom is -0.493 e. The van der Waals surface area contributed by atoms with Gasteiger partial charge in [0.15, 0.2) is 11.5 Å². The smallest absolute Gasteiger partial charge is 0.417 e. The molecule has 0 saturated heterocycles. The normalized spacial score (nSPS) is 12.0. The number of hydrogen-bond donors (Lipinski definition) is 0. The Bertz CT molecular complexity index is 1110. The molecule has 0 spiro atoms. The Kier molecular flexibility index (Phi) is 6.10. The number of halogens is 3. The molecular weight excluding hydrogens is 409 g/mol. The molecule has 3 aromatic rings. The van der Waals surface area contributed by atoms with E-state index in [1.54, 1.807) is 30.5 Å². The minimum absolute atomic E-state index is 0.0250. The van der Waals surface area contributed by atoms with E-state index in [1.165, 1.54) is 23.8 Å². The fraction of sp³-hybridized carbons (Fsp3) is 0.304. The van der Waals surface area contributed by atoms with Gasteiger partial charge in [0.05, 0.1) is 30.7 Å². The molecule has 0 amide bonds. The number of aromatic nitrogens is 2. The summed E-state index contributed by atoms with van der Waals surface area (Å²) in [5, 5.41) is 0. The Morgan fingerprint density at radius 3 is 2.29 bits per heavy atom. The number of ether oxygens (including phenoxy) is 2. The standard InChI is InChI=1S/C23H23F3N2O3/c1-22(2,3)14-31-19-8-6-17(12-20(19)30-4)28-10-9-15(11-21(28)29)18-7-5-16(13-27-18)23(24,25)26/h5-13H,14H2,1-4H3. The number of nitrogens with zero attached hydrogens (tertiary/aromatic N) is 2. The lowest BCUT2D eigenvalue weighted by molar-refractivity contribution is -0.137. The van der Waals surface area contributed by atoms with Crippen LogP contribution in [0.25, 0.3) is 16.9 Å². The van der Waals surface area contributed by atoms with Crippen molar-refractivity contribution in [1.82, 2.24) is 9.55 Å². The van der Waals surface area contributed by atoms with E-state index in [4.69, 9.17) is 9.47 Å². The number of methoxy groups -OCH3 is 1. The van der Waals surface area contributed by atoms with Crippen molar-refractivity contribution in [2.75, 3.05) is 13.7 Å². The van der Waals surface area contributed by atoms with Crippen molar-refractivity contribution in [1.29, 1.82) is 0 Å². The van der Waals surface area contributed by atoms with Gasteiger partial charge in [-0.2, -0.15) is 13.2 Å². The molecular formula is C23H23F3N2O3. The van der Waals surface area contributed by atoms with Gasteiger partial charge in [0, 0.05) is 30.1 Å². The average molecular weight is 432 g/mol. The highest BCUT2D eigenvalue weighted by Crippen LogP contribution is 2.31. The molecule has 0 saturated carbocycles. The second-order valence-corrected chi connectivity index (χ2v) is 8.24. The van der Waals surface area contributed by atoms with Gasteiger partial charge in [0.2, 0.25) is 0 Å². The van der Waals surface area contributed by atoms with Crippen molar-refractivity contribution in [2.24, 2.45) is 5.41 Å². The Labute approximate surface area is 178 Å². The molecule has 8 heteroatoms. The van der Waals surface area contributed by atoms with E-state index in [2.05, 4.69) is 25.8 Å². The van der Waals surface area contributed by atoms with Crippen LogP contribution in [0.2, 0.25) is 0 Å². The van der Waals surface area contributed by atoms with Crippen LogP contribution >= 0.6 is 0 Å². The predicted octanol–water partition coefficient (Wildman–Crippen LogP) is 5.35. The Morgan fingerprint density at radius 2 is 1.74 bits per heavy atom. The fourth-order valence-electron chi connectivity index (χ4n) is 2.80. The summed E-state index contributed by atoms with van der Waals surface area (Å²) in [6, 6.07) is 10.3. The van der Waals surface area contributed by atoms with Crippen molar-refractivity contribution in [2.45, 2.75) is 26.9 Å². The molecule has 0 aliphatic heterocycles. The van der Waals surface area contributed by atoms with Crippen molar-refractivity contribution in [3.8, 4) is 28.4 Å². The largest absolute Gasteiger partial charge is 0.493 e. The van der Waals surface area contributed by atoms with Gasteiger partial charge in [0.1, 0.15) is 0 Å². The zero-order chi connectivity index (χ0) is 22.8. The van der Waals surface area contributed by atoms with E-state index in [9.17, 15) is 18.0 Å². The highest BCUT2D eigenvalue weighted by molar-refractivity contribution is 5.59. The van der Waals surface area contributed by atoms with Crippen LogP contribution in [0.1, 0.15) is 26.3 Å². The quantitative estimate of drug-likeness (QED) is 0.545. The highest BCUT2D eigenvalue weighted by Gasteiger charge is 2.30. The van der Waals surface area contributed by atoms with Crippen molar-refractivity contribution in [3.63, 3.8) is 0 Å². The highest BCUT2D eigenvalue weighted by atomic mass is 19.4. The number of pyridine rings is 2. The lowest BCUT2D eigenvalue weighted by Crippen LogP contribution is -2.18. The van der Waals surface area contributed by atoms with Crippen molar-refractivity contribution in [3.05, 3.63) is 70.8 Å². The lowest BCUT2D eigenvalue weighted by atomic mass is 9.99. The van der Waals surface area contributed by atoms with Crippen LogP contribution in [-0.4, -0.2) is 23.3 Å². The van der Waals surface area contributed by atoms with E-state index in [1.807, 2.05) is 0 Å². The number of alkyl halides is 3. The first-order chi connectivity index (χ1) is 14.5. The molecule has 0 bridgehead atoms. The van der Waals surface area contributed by atoms with E-state index in [-0.39, 0.29) is 16.7 Å². The minimum atomic E-state index is -4.46. The zero-order valence-electron chi connectivity index (χ0n) is 17.7. The lowest BCUT2D eigenvalue weighted by Gasteiger charge is -2.20. The maximum absolute atomic E-state index is 12.7. The molecule has 5 nitrogen and oxygen atoms in total. The monoisotopic (exact) mass is 432 g/mol. The van der Waals surface area contributed by atoms with E-state index >= 15 is 0 Å². The zero-order valence-corrected chi connectivity index (χ0v) is 17.7. The first kappa shape index (κ1) is 22.4. The van der Waals surface area contributed by atoms with Crippen molar-refractivity contribution < 1.29 is 22.6 Å². The van der Waals surface area contributed by atoms with Gasteiger partial charge in [-0.25, -0.2) is 0 Å². The van der Waals surface area contributed by atoms with Gasteiger partial charge >= 0.3 is 6.18 Å². The molecule has 0 aliphatic rings. The third-order valence-corrected chi connectivity index (χ3v) is 4.39. The van der Waals surface area contributed by atoms with Gasteiger partial charge in [-0.15, -0.1) is 0 Å². The molecule has 2 aromatic heterocycles. The van der Waals surface area contributed by atoms with Gasteiger partial charge in [-0.3, -0.25) is 14.3 Å². The summed E-state index contributed by atoms with van der Waals surface area (Å²) in [5.41, 5.74) is 0.0442. The first-order valence-electron chi connectivity index (χ1n) is 9.55. The first-order valence-corrected chi connectivity index (χ1v) is 9.55. The molecule has 31 heavy (non-hydrogen) atoms. The topological polar surface area (TPSA) is 53.4 Å². The van der Waals surface area contributed by atoms with Crippen LogP contribution in [0.5, 0.6) is 11.5 Å². The third-order valence-electron chi connectivity index (χ3n) is 4.39. The molecule has 0 N–H and O–H groups in total. The summed E-state index contributed by atoms with van der Waals surface area (Å²) >= 11 is 0. The summed E-state index contributed by atoms with van der Waals surface area (Å²) in [4.78, 5) is 16.5. The summed E-state index contributed by atoms with van der Waals surface area (Å²) in [6.45, 7) is 6.67. The molecule has 1 aromatic carbocycles. The fourth-order valence-corrected chi connectivity index (χ4v) is 2.80. The maximum Gasteiger partial charge on any atom is 0.417 e. The molecule has 2 heterocycles. The molecule has 0 fully saturated rings. The third kappa shape index (κ3) is 5.45. The molecule has 0 aliphatic carbocycles. The van der Waals surface area contributed by atoms with E-state index in [0.717, 1.165) is 12.3 Å². The van der Waals surface area contributed by atoms with Crippen LogP contribution in [0.3, 0.4) is 0 Å². The maximum atomic E-state index is 12.7. The van der Waals surface area contributed by atoms with E-state index < -0.39 is 11.7 Å². The van der Waals surface area contributed by atoms with Gasteiger partial charge < -0.3 is 9.47 Å². The van der Waals surface area contributed by atoms with Crippen LogP contribution in [-0.2, 0) is 6.18 Å². The SMILES string of the molecule is COc1cc(-n2ccc(-c3ccc(C(F)(F)F)cn3)cc2=O)ccc1OCC(C)(C)C. The van der Waals surface area contributed by atoms with Crippen LogP contribution in [0.15, 0.2) is 59.7 Å². The molecule has 3 rings (SSSR count). The Morgan fingerprint density at radius 1 is 1.00 bits per heavy atom. The second kappa shape index (κ2) is 8.45. The second-order valence-electron chi connectivity index (χ2n) is 8.24. The summed E-state index contributed by atoms with van der Waals surface area (Å²) in [7, 11) is 1.52.